The van der Waals surface area contributed by atoms with E-state index in [4.69, 9.17) is 5.11 Å². The molecule has 0 saturated carbocycles. The highest BCUT2D eigenvalue weighted by molar-refractivity contribution is 5.41. The number of aromatic nitrogens is 1. The van der Waals surface area contributed by atoms with E-state index in [0.717, 1.165) is 26.2 Å². The quantitative estimate of drug-likeness (QED) is 0.678. The second kappa shape index (κ2) is 6.08. The molecule has 2 rings (SSSR count). The Kier molecular flexibility index (Phi) is 4.46. The van der Waals surface area contributed by atoms with E-state index in [9.17, 15) is 9.50 Å². The fourth-order valence-electron chi connectivity index (χ4n) is 2.03. The van der Waals surface area contributed by atoms with Gasteiger partial charge in [0.15, 0.2) is 11.6 Å². The summed E-state index contributed by atoms with van der Waals surface area (Å²) in [4.78, 5) is 6.02. The first-order chi connectivity index (χ1) is 8.70. The van der Waals surface area contributed by atoms with Gasteiger partial charge < -0.3 is 20.4 Å². The van der Waals surface area contributed by atoms with Crippen LogP contribution in [0, 0.1) is 5.82 Å². The lowest BCUT2D eigenvalue weighted by Gasteiger charge is -2.28. The second-order valence-corrected chi connectivity index (χ2v) is 4.43. The molecule has 2 heterocycles. The van der Waals surface area contributed by atoms with Gasteiger partial charge in [0, 0.05) is 38.8 Å². The van der Waals surface area contributed by atoms with Gasteiger partial charge in [0.1, 0.15) is 0 Å². The van der Waals surface area contributed by atoms with Crippen molar-refractivity contribution >= 4 is 5.82 Å². The van der Waals surface area contributed by atoms with E-state index in [-0.39, 0.29) is 18.8 Å². The Hall–Kier alpha value is -1.24. The maximum atomic E-state index is 13.9. The molecule has 0 aromatic carbocycles. The number of halogens is 1. The van der Waals surface area contributed by atoms with Crippen LogP contribution >= 0.6 is 0 Å². The highest BCUT2D eigenvalue weighted by atomic mass is 19.1. The monoisotopic (exact) mass is 255 g/mol. The molecule has 3 N–H and O–H groups in total. The molecule has 100 valence electrons. The highest BCUT2D eigenvalue weighted by Gasteiger charge is 2.16. The molecule has 6 heteroatoms. The molecule has 1 saturated heterocycles. The minimum atomic E-state index is -0.865. The van der Waals surface area contributed by atoms with Crippen LogP contribution < -0.4 is 10.2 Å². The fourth-order valence-corrected chi connectivity index (χ4v) is 2.03. The van der Waals surface area contributed by atoms with Crippen LogP contribution in [0.15, 0.2) is 12.3 Å². The molecule has 1 atom stereocenters. The van der Waals surface area contributed by atoms with Crippen molar-refractivity contribution in [3.8, 4) is 0 Å². The van der Waals surface area contributed by atoms with Crippen LogP contribution in [0.5, 0.6) is 0 Å². The fraction of sp³-hybridized carbons (Fsp3) is 0.583. The number of hydrogen-bond donors (Lipinski definition) is 3. The number of hydrogen-bond acceptors (Lipinski definition) is 5. The maximum absolute atomic E-state index is 13.9. The van der Waals surface area contributed by atoms with Crippen molar-refractivity contribution in [2.75, 3.05) is 37.7 Å². The molecule has 1 aliphatic heterocycles. The van der Waals surface area contributed by atoms with Crippen LogP contribution in [0.1, 0.15) is 5.56 Å². The Balaban J connectivity index is 2.09. The number of aliphatic hydroxyl groups excluding tert-OH is 2. The molecular formula is C12H18FN3O2. The van der Waals surface area contributed by atoms with E-state index >= 15 is 0 Å². The van der Waals surface area contributed by atoms with Crippen molar-refractivity contribution in [1.82, 2.24) is 10.3 Å². The van der Waals surface area contributed by atoms with Gasteiger partial charge in [0.05, 0.1) is 12.7 Å². The van der Waals surface area contributed by atoms with Crippen molar-refractivity contribution < 1.29 is 14.6 Å². The Morgan fingerprint density at radius 3 is 2.78 bits per heavy atom. The third kappa shape index (κ3) is 3.16. The average Bonchev–Trinajstić information content (AvgIpc) is 2.40. The first-order valence-electron chi connectivity index (χ1n) is 6.09. The SMILES string of the molecule is OC[C@H](O)Cc1cnc(N2CCNCC2)c(F)c1. The van der Waals surface area contributed by atoms with Crippen molar-refractivity contribution in [3.63, 3.8) is 0 Å². The van der Waals surface area contributed by atoms with E-state index in [1.54, 1.807) is 6.20 Å². The Morgan fingerprint density at radius 2 is 2.17 bits per heavy atom. The number of aliphatic hydroxyl groups is 2. The van der Waals surface area contributed by atoms with Gasteiger partial charge in [0.2, 0.25) is 0 Å². The lowest BCUT2D eigenvalue weighted by Crippen LogP contribution is -2.44. The standard InChI is InChI=1S/C12H18FN3O2/c13-11-6-9(5-10(18)8-17)7-15-12(11)16-3-1-14-2-4-16/h6-7,10,14,17-18H,1-5,8H2/t10-/m1/s1. The van der Waals surface area contributed by atoms with Gasteiger partial charge in [-0.3, -0.25) is 0 Å². The van der Waals surface area contributed by atoms with Crippen molar-refractivity contribution in [1.29, 1.82) is 0 Å². The van der Waals surface area contributed by atoms with Crippen LogP contribution in [0.25, 0.3) is 0 Å². The van der Waals surface area contributed by atoms with Gasteiger partial charge in [-0.25, -0.2) is 9.37 Å². The van der Waals surface area contributed by atoms with Gasteiger partial charge in [-0.1, -0.05) is 0 Å². The molecule has 1 aromatic heterocycles. The first kappa shape index (κ1) is 13.2. The van der Waals surface area contributed by atoms with Gasteiger partial charge in [0.25, 0.3) is 0 Å². The highest BCUT2D eigenvalue weighted by Crippen LogP contribution is 2.18. The molecule has 0 spiro atoms. The number of nitrogens with one attached hydrogen (secondary N) is 1. The summed E-state index contributed by atoms with van der Waals surface area (Å²) in [6, 6.07) is 1.38. The predicted octanol–water partition coefficient (Wildman–Crippen LogP) is -0.474. The Morgan fingerprint density at radius 1 is 1.44 bits per heavy atom. The van der Waals surface area contributed by atoms with E-state index in [1.807, 2.05) is 4.90 Å². The zero-order valence-electron chi connectivity index (χ0n) is 10.1. The molecule has 1 aromatic rings. The van der Waals surface area contributed by atoms with Crippen LogP contribution in [-0.4, -0.2) is 54.1 Å². The van der Waals surface area contributed by atoms with Crippen molar-refractivity contribution in [3.05, 3.63) is 23.6 Å². The normalized spacial score (nSPS) is 17.8. The third-order valence-electron chi connectivity index (χ3n) is 2.98. The summed E-state index contributed by atoms with van der Waals surface area (Å²) >= 11 is 0. The van der Waals surface area contributed by atoms with Gasteiger partial charge in [-0.2, -0.15) is 0 Å². The summed E-state index contributed by atoms with van der Waals surface area (Å²) in [6.07, 6.45) is 0.901. The second-order valence-electron chi connectivity index (χ2n) is 4.43. The average molecular weight is 255 g/mol. The summed E-state index contributed by atoms with van der Waals surface area (Å²) in [5.41, 5.74) is 0.591. The van der Waals surface area contributed by atoms with Crippen LogP contribution in [0.3, 0.4) is 0 Å². The first-order valence-corrected chi connectivity index (χ1v) is 6.09. The topological polar surface area (TPSA) is 68.6 Å². The molecule has 0 aliphatic carbocycles. The molecule has 0 unspecified atom stereocenters. The summed E-state index contributed by atoms with van der Waals surface area (Å²) in [7, 11) is 0. The summed E-state index contributed by atoms with van der Waals surface area (Å²) in [5.74, 6) is -0.0155. The maximum Gasteiger partial charge on any atom is 0.165 e. The van der Waals surface area contributed by atoms with Gasteiger partial charge in [-0.05, 0) is 11.6 Å². The zero-order valence-corrected chi connectivity index (χ0v) is 10.1. The molecular weight excluding hydrogens is 237 g/mol. The largest absolute Gasteiger partial charge is 0.394 e. The molecule has 1 aliphatic rings. The van der Waals surface area contributed by atoms with E-state index in [0.29, 0.717) is 11.4 Å². The summed E-state index contributed by atoms with van der Waals surface area (Å²) in [6.45, 7) is 2.80. The van der Waals surface area contributed by atoms with E-state index in [1.165, 1.54) is 6.07 Å². The Bertz CT molecular complexity index is 397. The van der Waals surface area contributed by atoms with Gasteiger partial charge in [-0.15, -0.1) is 0 Å². The minimum absolute atomic E-state index is 0.211. The third-order valence-corrected chi connectivity index (χ3v) is 2.98. The lowest BCUT2D eigenvalue weighted by atomic mass is 10.1. The number of piperazine rings is 1. The molecule has 18 heavy (non-hydrogen) atoms. The summed E-state index contributed by atoms with van der Waals surface area (Å²) < 4.78 is 13.9. The van der Waals surface area contributed by atoms with Crippen LogP contribution in [-0.2, 0) is 6.42 Å². The molecule has 0 bridgehead atoms. The molecule has 0 radical (unpaired) electrons. The lowest BCUT2D eigenvalue weighted by molar-refractivity contribution is 0.0954. The Labute approximate surface area is 105 Å². The number of pyridine rings is 1. The van der Waals surface area contributed by atoms with E-state index < -0.39 is 6.10 Å². The number of nitrogens with zero attached hydrogens (tertiary/aromatic N) is 2. The summed E-state index contributed by atoms with van der Waals surface area (Å²) in [5, 5.41) is 21.2. The van der Waals surface area contributed by atoms with Crippen LogP contribution in [0.2, 0.25) is 0 Å². The van der Waals surface area contributed by atoms with Crippen LogP contribution in [0.4, 0.5) is 10.2 Å². The molecule has 0 amide bonds. The van der Waals surface area contributed by atoms with Crippen molar-refractivity contribution in [2.45, 2.75) is 12.5 Å². The number of rotatable bonds is 4. The zero-order chi connectivity index (χ0) is 13.0. The molecule has 1 fully saturated rings. The smallest absolute Gasteiger partial charge is 0.165 e. The minimum Gasteiger partial charge on any atom is -0.394 e. The molecule has 5 nitrogen and oxygen atoms in total. The van der Waals surface area contributed by atoms with Gasteiger partial charge >= 0.3 is 0 Å². The number of anilines is 1. The van der Waals surface area contributed by atoms with E-state index in [2.05, 4.69) is 10.3 Å². The predicted molar refractivity (Wildman–Crippen MR) is 66.1 cm³/mol. The van der Waals surface area contributed by atoms with Crippen molar-refractivity contribution in [2.24, 2.45) is 0 Å².